The SMILES string of the molecule is O=C(NCCS(=O)O)c1ccc(CC(C(=O)Nc2ccc(-c3cc4ccccc4o3)cc2)c2ccccc2)cc1. The molecule has 0 saturated heterocycles. The second-order valence-electron chi connectivity index (χ2n) is 9.36. The molecule has 5 rings (SSSR count). The van der Waals surface area contributed by atoms with Crippen LogP contribution in [0, 0.1) is 0 Å². The Morgan fingerprint density at radius 1 is 0.850 bits per heavy atom. The van der Waals surface area contributed by atoms with Gasteiger partial charge in [-0.15, -0.1) is 0 Å². The summed E-state index contributed by atoms with van der Waals surface area (Å²) in [7, 11) is 0. The first-order valence-corrected chi connectivity index (χ1v) is 14.1. The molecule has 1 heterocycles. The van der Waals surface area contributed by atoms with Crippen molar-refractivity contribution in [1.29, 1.82) is 0 Å². The average Bonchev–Trinajstić information content (AvgIpc) is 3.41. The number of hydrogen-bond donors (Lipinski definition) is 3. The number of hydrogen-bond acceptors (Lipinski definition) is 4. The molecule has 3 N–H and O–H groups in total. The first kappa shape index (κ1) is 27.1. The molecule has 0 aliphatic rings. The predicted molar refractivity (Wildman–Crippen MR) is 158 cm³/mol. The van der Waals surface area contributed by atoms with Crippen LogP contribution in [0.3, 0.4) is 0 Å². The zero-order chi connectivity index (χ0) is 27.9. The molecule has 202 valence electrons. The molecule has 2 unspecified atom stereocenters. The second kappa shape index (κ2) is 12.5. The Morgan fingerprint density at radius 3 is 2.25 bits per heavy atom. The van der Waals surface area contributed by atoms with Crippen molar-refractivity contribution in [3.05, 3.63) is 126 Å². The Hall–Kier alpha value is -4.53. The van der Waals surface area contributed by atoms with Gasteiger partial charge in [0.1, 0.15) is 11.3 Å². The lowest BCUT2D eigenvalue weighted by Crippen LogP contribution is -2.27. The van der Waals surface area contributed by atoms with Gasteiger partial charge in [-0.3, -0.25) is 9.59 Å². The lowest BCUT2D eigenvalue weighted by atomic mass is 9.90. The summed E-state index contributed by atoms with van der Waals surface area (Å²) in [6, 6.07) is 34.0. The van der Waals surface area contributed by atoms with E-state index < -0.39 is 17.0 Å². The normalized spacial score (nSPS) is 12.5. The van der Waals surface area contributed by atoms with Gasteiger partial charge in [0.25, 0.3) is 5.91 Å². The van der Waals surface area contributed by atoms with Crippen molar-refractivity contribution in [2.75, 3.05) is 17.6 Å². The van der Waals surface area contributed by atoms with E-state index in [0.717, 1.165) is 33.4 Å². The molecule has 5 aromatic rings. The van der Waals surface area contributed by atoms with E-state index in [1.54, 1.807) is 12.1 Å². The van der Waals surface area contributed by atoms with Gasteiger partial charge in [0, 0.05) is 28.7 Å². The first-order valence-electron chi connectivity index (χ1n) is 12.9. The van der Waals surface area contributed by atoms with Crippen LogP contribution in [0.15, 0.2) is 114 Å². The highest BCUT2D eigenvalue weighted by molar-refractivity contribution is 7.79. The van der Waals surface area contributed by atoms with Crippen LogP contribution in [0.4, 0.5) is 5.69 Å². The van der Waals surface area contributed by atoms with E-state index >= 15 is 0 Å². The molecule has 7 nitrogen and oxygen atoms in total. The molecule has 1 aromatic heterocycles. The summed E-state index contributed by atoms with van der Waals surface area (Å²) in [4.78, 5) is 25.8. The molecule has 0 radical (unpaired) electrons. The number of nitrogens with one attached hydrogen (secondary N) is 2. The number of fused-ring (bicyclic) bond motifs is 1. The van der Waals surface area contributed by atoms with Gasteiger partial charge >= 0.3 is 0 Å². The van der Waals surface area contributed by atoms with Gasteiger partial charge in [-0.05, 0) is 66.1 Å². The van der Waals surface area contributed by atoms with Gasteiger partial charge < -0.3 is 19.6 Å². The van der Waals surface area contributed by atoms with E-state index in [0.29, 0.717) is 17.7 Å². The summed E-state index contributed by atoms with van der Waals surface area (Å²) in [5.41, 5.74) is 4.66. The van der Waals surface area contributed by atoms with E-state index in [4.69, 9.17) is 8.97 Å². The van der Waals surface area contributed by atoms with E-state index in [1.807, 2.05) is 97.1 Å². The molecule has 2 atom stereocenters. The number of carbonyl (C=O) groups excluding carboxylic acids is 2. The summed E-state index contributed by atoms with van der Waals surface area (Å²) < 4.78 is 25.6. The monoisotopic (exact) mass is 552 g/mol. The number of amides is 2. The van der Waals surface area contributed by atoms with Crippen LogP contribution < -0.4 is 10.6 Å². The van der Waals surface area contributed by atoms with Crippen LogP contribution in [-0.2, 0) is 22.3 Å². The van der Waals surface area contributed by atoms with Gasteiger partial charge in [0.05, 0.1) is 11.7 Å². The summed E-state index contributed by atoms with van der Waals surface area (Å²) in [5, 5.41) is 6.71. The highest BCUT2D eigenvalue weighted by Gasteiger charge is 2.22. The van der Waals surface area contributed by atoms with Gasteiger partial charge in [-0.25, -0.2) is 4.21 Å². The Kier molecular flexibility index (Phi) is 8.49. The van der Waals surface area contributed by atoms with Gasteiger partial charge in [0.2, 0.25) is 5.91 Å². The molecule has 0 spiro atoms. The molecular formula is C32H28N2O5S. The van der Waals surface area contributed by atoms with Crippen molar-refractivity contribution in [3.63, 3.8) is 0 Å². The fourth-order valence-electron chi connectivity index (χ4n) is 4.50. The summed E-state index contributed by atoms with van der Waals surface area (Å²) in [6.45, 7) is 0.110. The Labute approximate surface area is 234 Å². The van der Waals surface area contributed by atoms with Crippen LogP contribution in [0.5, 0.6) is 0 Å². The third kappa shape index (κ3) is 6.72. The molecule has 4 aromatic carbocycles. The molecule has 0 saturated carbocycles. The first-order chi connectivity index (χ1) is 19.5. The maximum absolute atomic E-state index is 13.5. The predicted octanol–water partition coefficient (Wildman–Crippen LogP) is 6.02. The molecule has 0 aliphatic carbocycles. The minimum atomic E-state index is -1.96. The van der Waals surface area contributed by atoms with E-state index in [9.17, 15) is 13.8 Å². The number of para-hydroxylation sites is 1. The number of furan rings is 1. The summed E-state index contributed by atoms with van der Waals surface area (Å²) >= 11 is -1.96. The van der Waals surface area contributed by atoms with E-state index in [-0.39, 0.29) is 24.1 Å². The zero-order valence-corrected chi connectivity index (χ0v) is 22.4. The highest BCUT2D eigenvalue weighted by Crippen LogP contribution is 2.29. The average molecular weight is 553 g/mol. The molecule has 8 heteroatoms. The van der Waals surface area contributed by atoms with Crippen molar-refractivity contribution >= 4 is 39.6 Å². The van der Waals surface area contributed by atoms with Gasteiger partial charge in [-0.1, -0.05) is 60.7 Å². The van der Waals surface area contributed by atoms with Crippen LogP contribution in [0.1, 0.15) is 27.4 Å². The van der Waals surface area contributed by atoms with Crippen molar-refractivity contribution in [3.8, 4) is 11.3 Å². The fourth-order valence-corrected chi connectivity index (χ4v) is 4.78. The highest BCUT2D eigenvalue weighted by atomic mass is 32.2. The van der Waals surface area contributed by atoms with E-state index in [2.05, 4.69) is 10.6 Å². The Bertz CT molecular complexity index is 1600. The second-order valence-corrected chi connectivity index (χ2v) is 10.4. The number of rotatable bonds is 10. The molecule has 0 aliphatic heterocycles. The minimum absolute atomic E-state index is 0.0275. The quantitative estimate of drug-likeness (QED) is 0.184. The lowest BCUT2D eigenvalue weighted by molar-refractivity contribution is -0.117. The number of anilines is 1. The summed E-state index contributed by atoms with van der Waals surface area (Å²) in [5.74, 6) is -0.167. The molecule has 40 heavy (non-hydrogen) atoms. The largest absolute Gasteiger partial charge is 0.456 e. The van der Waals surface area contributed by atoms with Crippen LogP contribution in [0.2, 0.25) is 0 Å². The maximum atomic E-state index is 13.5. The molecule has 0 fully saturated rings. The summed E-state index contributed by atoms with van der Waals surface area (Å²) in [6.07, 6.45) is 0.443. The van der Waals surface area contributed by atoms with Crippen molar-refractivity contribution in [2.45, 2.75) is 12.3 Å². The van der Waals surface area contributed by atoms with Crippen molar-refractivity contribution in [1.82, 2.24) is 5.32 Å². The number of carbonyl (C=O) groups is 2. The third-order valence-corrected chi connectivity index (χ3v) is 7.15. The Balaban J connectivity index is 1.28. The molecule has 0 bridgehead atoms. The maximum Gasteiger partial charge on any atom is 0.251 e. The fraction of sp³-hybridized carbons (Fsp3) is 0.125. The van der Waals surface area contributed by atoms with Crippen molar-refractivity contribution in [2.24, 2.45) is 0 Å². The smallest absolute Gasteiger partial charge is 0.251 e. The lowest BCUT2D eigenvalue weighted by Gasteiger charge is -2.18. The topological polar surface area (TPSA) is 109 Å². The molecular weight excluding hydrogens is 524 g/mol. The van der Waals surface area contributed by atoms with Crippen molar-refractivity contribution < 1.29 is 22.8 Å². The standard InChI is InChI=1S/C32H28N2O5S/c35-31(33-18-19-40(37)38)25-12-10-22(11-13-25)20-28(23-6-2-1-3-7-23)32(36)34-27-16-14-24(15-17-27)30-21-26-8-4-5-9-29(26)39-30/h1-17,21,28H,18-20H2,(H,33,35)(H,34,36)(H,37,38). The van der Waals surface area contributed by atoms with Crippen LogP contribution in [0.25, 0.3) is 22.3 Å². The minimum Gasteiger partial charge on any atom is -0.456 e. The van der Waals surface area contributed by atoms with Gasteiger partial charge in [0.15, 0.2) is 11.1 Å². The van der Waals surface area contributed by atoms with Crippen LogP contribution in [-0.4, -0.2) is 32.9 Å². The van der Waals surface area contributed by atoms with Crippen LogP contribution >= 0.6 is 0 Å². The third-order valence-electron chi connectivity index (χ3n) is 6.60. The number of benzene rings is 4. The Morgan fingerprint density at radius 2 is 1.55 bits per heavy atom. The van der Waals surface area contributed by atoms with Gasteiger partial charge in [-0.2, -0.15) is 0 Å². The van der Waals surface area contributed by atoms with E-state index in [1.165, 1.54) is 0 Å². The zero-order valence-electron chi connectivity index (χ0n) is 21.6. The molecule has 2 amide bonds.